The number of carbonyl (C=O) groups is 1. The topological polar surface area (TPSA) is 32.3 Å². The zero-order chi connectivity index (χ0) is 11.1. The fourth-order valence-electron chi connectivity index (χ4n) is 1.28. The third kappa shape index (κ3) is 4.44. The first-order valence-electron chi connectivity index (χ1n) is 5.15. The van der Waals surface area contributed by atoms with Crippen LogP contribution in [0.5, 0.6) is 0 Å². The Kier molecular flexibility index (Phi) is 5.36. The Balaban J connectivity index is 2.23. The van der Waals surface area contributed by atoms with Crippen molar-refractivity contribution in [3.63, 3.8) is 0 Å². The molecule has 1 N–H and O–H groups in total. The summed E-state index contributed by atoms with van der Waals surface area (Å²) < 4.78 is 0. The fraction of sp³-hybridized carbons (Fsp3) is 0.545. The molecule has 0 unspecified atom stereocenters. The lowest BCUT2D eigenvalue weighted by molar-refractivity contribution is -0.129. The van der Waals surface area contributed by atoms with E-state index in [1.165, 1.54) is 4.88 Å². The Hall–Kier alpha value is -0.870. The van der Waals surface area contributed by atoms with E-state index in [0.717, 1.165) is 19.5 Å². The molecule has 1 rings (SSSR count). The molecule has 0 bridgehead atoms. The van der Waals surface area contributed by atoms with Gasteiger partial charge >= 0.3 is 0 Å². The normalized spacial score (nSPS) is 10.3. The van der Waals surface area contributed by atoms with Gasteiger partial charge in [0, 0.05) is 31.4 Å². The van der Waals surface area contributed by atoms with Gasteiger partial charge in [0.25, 0.3) is 0 Å². The lowest BCUT2D eigenvalue weighted by atomic mass is 10.2. The summed E-state index contributed by atoms with van der Waals surface area (Å²) in [7, 11) is 3.75. The molecule has 3 nitrogen and oxygen atoms in total. The van der Waals surface area contributed by atoms with E-state index in [-0.39, 0.29) is 5.91 Å². The molecule has 0 radical (unpaired) electrons. The Morgan fingerprint density at radius 2 is 2.40 bits per heavy atom. The molecule has 1 amide bonds. The van der Waals surface area contributed by atoms with Crippen molar-refractivity contribution in [1.82, 2.24) is 10.2 Å². The van der Waals surface area contributed by atoms with Crippen molar-refractivity contribution in [3.05, 3.63) is 22.4 Å². The Bertz CT molecular complexity index is 285. The average molecular weight is 226 g/mol. The Labute approximate surface area is 95.1 Å². The minimum Gasteiger partial charge on any atom is -0.344 e. The number of nitrogens with zero attached hydrogens (tertiary/aromatic N) is 1. The summed E-state index contributed by atoms with van der Waals surface area (Å²) in [4.78, 5) is 14.7. The number of carbonyl (C=O) groups excluding carboxylic acids is 1. The average Bonchev–Trinajstić information content (AvgIpc) is 2.75. The van der Waals surface area contributed by atoms with Gasteiger partial charge in [0.05, 0.1) is 0 Å². The monoisotopic (exact) mass is 226 g/mol. The van der Waals surface area contributed by atoms with Crippen LogP contribution >= 0.6 is 11.3 Å². The quantitative estimate of drug-likeness (QED) is 0.794. The SMILES string of the molecule is CNCCN(C)C(=O)CCc1cccs1. The van der Waals surface area contributed by atoms with E-state index in [9.17, 15) is 4.79 Å². The van der Waals surface area contributed by atoms with Crippen molar-refractivity contribution in [2.24, 2.45) is 0 Å². The first-order valence-corrected chi connectivity index (χ1v) is 6.03. The highest BCUT2D eigenvalue weighted by Crippen LogP contribution is 2.11. The molecule has 0 spiro atoms. The molecule has 1 aromatic heterocycles. The second-order valence-electron chi connectivity index (χ2n) is 3.50. The number of hydrogen-bond acceptors (Lipinski definition) is 3. The zero-order valence-electron chi connectivity index (χ0n) is 9.32. The van der Waals surface area contributed by atoms with Crippen molar-refractivity contribution < 1.29 is 4.79 Å². The number of nitrogens with one attached hydrogen (secondary N) is 1. The largest absolute Gasteiger partial charge is 0.344 e. The van der Waals surface area contributed by atoms with Crippen molar-refractivity contribution >= 4 is 17.2 Å². The molecular formula is C11H18N2OS. The van der Waals surface area contributed by atoms with Crippen molar-refractivity contribution in [2.75, 3.05) is 27.2 Å². The first kappa shape index (κ1) is 12.2. The van der Waals surface area contributed by atoms with Crippen LogP contribution in [-0.4, -0.2) is 38.0 Å². The van der Waals surface area contributed by atoms with Crippen LogP contribution < -0.4 is 5.32 Å². The van der Waals surface area contributed by atoms with Crippen LogP contribution in [0, 0.1) is 0 Å². The van der Waals surface area contributed by atoms with Crippen molar-refractivity contribution in [1.29, 1.82) is 0 Å². The van der Waals surface area contributed by atoms with Gasteiger partial charge in [-0.25, -0.2) is 0 Å². The summed E-state index contributed by atoms with van der Waals surface area (Å²) in [6, 6.07) is 4.10. The molecule has 0 aliphatic carbocycles. The molecule has 1 aromatic rings. The van der Waals surface area contributed by atoms with Crippen molar-refractivity contribution in [3.8, 4) is 0 Å². The van der Waals surface area contributed by atoms with E-state index >= 15 is 0 Å². The lowest BCUT2D eigenvalue weighted by Gasteiger charge is -2.16. The van der Waals surface area contributed by atoms with Crippen molar-refractivity contribution in [2.45, 2.75) is 12.8 Å². The molecule has 0 aliphatic rings. The maximum atomic E-state index is 11.6. The van der Waals surface area contributed by atoms with Crippen LogP contribution in [-0.2, 0) is 11.2 Å². The van der Waals surface area contributed by atoms with E-state index in [4.69, 9.17) is 0 Å². The van der Waals surface area contributed by atoms with Crippen LogP contribution in [0.4, 0.5) is 0 Å². The predicted molar refractivity (Wildman–Crippen MR) is 64.2 cm³/mol. The fourth-order valence-corrected chi connectivity index (χ4v) is 1.99. The summed E-state index contributed by atoms with van der Waals surface area (Å²) in [5, 5.41) is 5.08. The summed E-state index contributed by atoms with van der Waals surface area (Å²) in [5.74, 6) is 0.221. The molecule has 4 heteroatoms. The Morgan fingerprint density at radius 1 is 1.60 bits per heavy atom. The number of rotatable bonds is 6. The second-order valence-corrected chi connectivity index (χ2v) is 4.53. The van der Waals surface area contributed by atoms with Crippen LogP contribution in [0.1, 0.15) is 11.3 Å². The number of thiophene rings is 1. The molecule has 0 atom stereocenters. The van der Waals surface area contributed by atoms with Crippen LogP contribution in [0.25, 0.3) is 0 Å². The summed E-state index contributed by atoms with van der Waals surface area (Å²) in [6.45, 7) is 1.63. The highest BCUT2D eigenvalue weighted by atomic mass is 32.1. The van der Waals surface area contributed by atoms with E-state index < -0.39 is 0 Å². The molecule has 0 fully saturated rings. The van der Waals surface area contributed by atoms with E-state index in [1.807, 2.05) is 25.5 Å². The molecule has 0 saturated carbocycles. The molecule has 1 heterocycles. The van der Waals surface area contributed by atoms with Gasteiger partial charge in [-0.15, -0.1) is 11.3 Å². The summed E-state index contributed by atoms with van der Waals surface area (Å²) >= 11 is 1.71. The maximum Gasteiger partial charge on any atom is 0.222 e. The van der Waals surface area contributed by atoms with Gasteiger partial charge in [0.15, 0.2) is 0 Å². The van der Waals surface area contributed by atoms with E-state index in [0.29, 0.717) is 6.42 Å². The smallest absolute Gasteiger partial charge is 0.222 e. The number of likely N-dealkylation sites (N-methyl/N-ethyl adjacent to an activating group) is 2. The van der Waals surface area contributed by atoms with Crippen LogP contribution in [0.2, 0.25) is 0 Å². The lowest BCUT2D eigenvalue weighted by Crippen LogP contribution is -2.32. The van der Waals surface area contributed by atoms with Gasteiger partial charge in [-0.1, -0.05) is 6.07 Å². The van der Waals surface area contributed by atoms with E-state index in [2.05, 4.69) is 11.4 Å². The zero-order valence-corrected chi connectivity index (χ0v) is 10.1. The first-order chi connectivity index (χ1) is 7.24. The summed E-state index contributed by atoms with van der Waals surface area (Å²) in [6.07, 6.45) is 1.47. The van der Waals surface area contributed by atoms with Crippen LogP contribution in [0.15, 0.2) is 17.5 Å². The molecular weight excluding hydrogens is 208 g/mol. The number of hydrogen-bond donors (Lipinski definition) is 1. The minimum atomic E-state index is 0.221. The van der Waals surface area contributed by atoms with Gasteiger partial charge in [0.2, 0.25) is 5.91 Å². The Morgan fingerprint density at radius 3 is 3.00 bits per heavy atom. The van der Waals surface area contributed by atoms with Gasteiger partial charge in [-0.05, 0) is 24.9 Å². The highest BCUT2D eigenvalue weighted by molar-refractivity contribution is 7.09. The number of aryl methyl sites for hydroxylation is 1. The second kappa shape index (κ2) is 6.58. The van der Waals surface area contributed by atoms with Gasteiger partial charge in [-0.2, -0.15) is 0 Å². The van der Waals surface area contributed by atoms with Gasteiger partial charge < -0.3 is 10.2 Å². The summed E-state index contributed by atoms with van der Waals surface area (Å²) in [5.41, 5.74) is 0. The van der Waals surface area contributed by atoms with E-state index in [1.54, 1.807) is 16.2 Å². The van der Waals surface area contributed by atoms with Gasteiger partial charge in [0.1, 0.15) is 0 Å². The third-order valence-corrected chi connectivity index (χ3v) is 3.22. The standard InChI is InChI=1S/C11H18N2OS/c1-12-7-8-13(2)11(14)6-5-10-4-3-9-15-10/h3-4,9,12H,5-8H2,1-2H3. The minimum absolute atomic E-state index is 0.221. The maximum absolute atomic E-state index is 11.6. The molecule has 0 aromatic carbocycles. The molecule has 0 aliphatic heterocycles. The third-order valence-electron chi connectivity index (χ3n) is 2.29. The predicted octanol–water partition coefficient (Wildman–Crippen LogP) is 1.36. The van der Waals surface area contributed by atoms with Crippen LogP contribution in [0.3, 0.4) is 0 Å². The number of amides is 1. The molecule has 0 saturated heterocycles. The molecule has 15 heavy (non-hydrogen) atoms. The molecule has 84 valence electrons. The highest BCUT2D eigenvalue weighted by Gasteiger charge is 2.07. The van der Waals surface area contributed by atoms with Gasteiger partial charge in [-0.3, -0.25) is 4.79 Å².